The van der Waals surface area contributed by atoms with Crippen LogP contribution in [0, 0.1) is 6.92 Å². The highest BCUT2D eigenvalue weighted by Gasteiger charge is 2.08. The maximum Gasteiger partial charge on any atom is 0.172 e. The average Bonchev–Trinajstić information content (AvgIpc) is 3.14. The van der Waals surface area contributed by atoms with Crippen molar-refractivity contribution in [1.29, 1.82) is 0 Å². The Morgan fingerprint density at radius 3 is 3.00 bits per heavy atom. The van der Waals surface area contributed by atoms with Crippen molar-refractivity contribution in [1.82, 2.24) is 14.7 Å². The fourth-order valence-electron chi connectivity index (χ4n) is 1.98. The Morgan fingerprint density at radius 1 is 1.33 bits per heavy atom. The lowest BCUT2D eigenvalue weighted by atomic mass is 10.3. The van der Waals surface area contributed by atoms with Gasteiger partial charge in [0.1, 0.15) is 11.5 Å². The van der Waals surface area contributed by atoms with Crippen molar-refractivity contribution in [2.45, 2.75) is 17.8 Å². The summed E-state index contributed by atoms with van der Waals surface area (Å²) in [6.07, 6.45) is 3.72. The van der Waals surface area contributed by atoms with Crippen LogP contribution in [-0.4, -0.2) is 21.8 Å². The normalized spacial score (nSPS) is 10.8. The summed E-state index contributed by atoms with van der Waals surface area (Å²) in [5, 5.41) is 4.90. The summed E-state index contributed by atoms with van der Waals surface area (Å²) in [5.74, 6) is 2.37. The molecule has 1 aromatic carbocycles. The topological polar surface area (TPSA) is 53.1 Å². The molecule has 108 valence electrons. The third-order valence-corrected chi connectivity index (χ3v) is 3.96. The summed E-state index contributed by atoms with van der Waals surface area (Å²) >= 11 is 1.62. The predicted octanol–water partition coefficient (Wildman–Crippen LogP) is 3.47. The second-order valence-electron chi connectivity index (χ2n) is 4.50. The Kier molecular flexibility index (Phi) is 3.96. The van der Waals surface area contributed by atoms with Crippen molar-refractivity contribution in [3.05, 3.63) is 54.2 Å². The fourth-order valence-corrected chi connectivity index (χ4v) is 2.83. The number of aromatic nitrogens is 3. The van der Waals surface area contributed by atoms with E-state index in [4.69, 9.17) is 9.26 Å². The van der Waals surface area contributed by atoms with Crippen LogP contribution in [-0.2, 0) is 5.75 Å². The summed E-state index contributed by atoms with van der Waals surface area (Å²) in [7, 11) is 1.66. The molecule has 2 heterocycles. The highest BCUT2D eigenvalue weighted by molar-refractivity contribution is 7.98. The first kappa shape index (κ1) is 13.8. The molecule has 3 rings (SSSR count). The fraction of sp³-hybridized carbons (Fsp3) is 0.200. The van der Waals surface area contributed by atoms with Crippen LogP contribution in [0.15, 0.2) is 52.4 Å². The molecular weight excluding hydrogens is 286 g/mol. The van der Waals surface area contributed by atoms with Crippen LogP contribution in [0.1, 0.15) is 11.5 Å². The molecular formula is C15H15N3O2S. The number of hydrogen-bond acceptors (Lipinski definition) is 5. The third-order valence-electron chi connectivity index (χ3n) is 2.96. The van der Waals surface area contributed by atoms with Crippen molar-refractivity contribution in [2.24, 2.45) is 0 Å². The number of ether oxygens (including phenoxy) is 1. The van der Waals surface area contributed by atoms with Gasteiger partial charge in [-0.05, 0) is 19.1 Å². The Labute approximate surface area is 126 Å². The van der Waals surface area contributed by atoms with Gasteiger partial charge in [0.15, 0.2) is 5.16 Å². The van der Waals surface area contributed by atoms with Gasteiger partial charge in [-0.2, -0.15) is 0 Å². The molecule has 0 N–H and O–H groups in total. The van der Waals surface area contributed by atoms with E-state index >= 15 is 0 Å². The number of thioether (sulfide) groups is 1. The van der Waals surface area contributed by atoms with Gasteiger partial charge in [-0.15, -0.1) is 0 Å². The number of nitrogens with zero attached hydrogens (tertiary/aromatic N) is 3. The minimum absolute atomic E-state index is 0.721. The van der Waals surface area contributed by atoms with Gasteiger partial charge < -0.3 is 9.26 Å². The van der Waals surface area contributed by atoms with Gasteiger partial charge >= 0.3 is 0 Å². The smallest absolute Gasteiger partial charge is 0.172 e. The highest BCUT2D eigenvalue weighted by Crippen LogP contribution is 2.25. The Bertz CT molecular complexity index is 736. The monoisotopic (exact) mass is 301 g/mol. The Balaban J connectivity index is 1.80. The number of methoxy groups -OCH3 is 1. The zero-order valence-corrected chi connectivity index (χ0v) is 12.6. The first-order valence-electron chi connectivity index (χ1n) is 6.49. The molecule has 0 radical (unpaired) electrons. The zero-order chi connectivity index (χ0) is 14.7. The molecule has 21 heavy (non-hydrogen) atoms. The van der Waals surface area contributed by atoms with E-state index in [0.717, 1.165) is 33.8 Å². The number of aryl methyl sites for hydroxylation is 1. The van der Waals surface area contributed by atoms with Crippen LogP contribution in [0.3, 0.4) is 0 Å². The van der Waals surface area contributed by atoms with Crippen LogP contribution in [0.25, 0.3) is 5.69 Å². The molecule has 0 aliphatic heterocycles. The Hall–Kier alpha value is -2.21. The summed E-state index contributed by atoms with van der Waals surface area (Å²) in [4.78, 5) is 4.40. The number of benzene rings is 1. The number of rotatable bonds is 5. The van der Waals surface area contributed by atoms with Crippen LogP contribution in [0.4, 0.5) is 0 Å². The molecule has 3 aromatic rings. The van der Waals surface area contributed by atoms with E-state index in [1.54, 1.807) is 25.1 Å². The summed E-state index contributed by atoms with van der Waals surface area (Å²) < 4.78 is 12.4. The molecule has 0 aliphatic carbocycles. The van der Waals surface area contributed by atoms with E-state index in [1.807, 2.05) is 48.0 Å². The van der Waals surface area contributed by atoms with Gasteiger partial charge in [0, 0.05) is 30.3 Å². The van der Waals surface area contributed by atoms with Gasteiger partial charge in [0.2, 0.25) is 0 Å². The van der Waals surface area contributed by atoms with E-state index in [1.165, 1.54) is 0 Å². The van der Waals surface area contributed by atoms with Crippen molar-refractivity contribution < 1.29 is 9.26 Å². The van der Waals surface area contributed by atoms with Gasteiger partial charge in [-0.3, -0.25) is 4.57 Å². The number of hydrogen-bond donors (Lipinski definition) is 0. The average molecular weight is 301 g/mol. The molecule has 0 amide bonds. The molecule has 0 unspecified atom stereocenters. The SMILES string of the molecule is COc1cccc(-n2ccnc2SCc2cc(C)on2)c1. The lowest BCUT2D eigenvalue weighted by Crippen LogP contribution is -1.96. The van der Waals surface area contributed by atoms with E-state index < -0.39 is 0 Å². The molecule has 0 bridgehead atoms. The van der Waals surface area contributed by atoms with Gasteiger partial charge in [0.25, 0.3) is 0 Å². The maximum absolute atomic E-state index is 5.26. The highest BCUT2D eigenvalue weighted by atomic mass is 32.2. The minimum Gasteiger partial charge on any atom is -0.497 e. The van der Waals surface area contributed by atoms with E-state index in [2.05, 4.69) is 10.1 Å². The minimum atomic E-state index is 0.721. The van der Waals surface area contributed by atoms with Crippen molar-refractivity contribution in [3.63, 3.8) is 0 Å². The van der Waals surface area contributed by atoms with E-state index in [-0.39, 0.29) is 0 Å². The molecule has 2 aromatic heterocycles. The lowest BCUT2D eigenvalue weighted by molar-refractivity contribution is 0.393. The summed E-state index contributed by atoms with van der Waals surface area (Å²) in [6, 6.07) is 9.82. The largest absolute Gasteiger partial charge is 0.497 e. The Morgan fingerprint density at radius 2 is 2.24 bits per heavy atom. The maximum atomic E-state index is 5.26. The molecule has 0 atom stereocenters. The van der Waals surface area contributed by atoms with Crippen molar-refractivity contribution >= 4 is 11.8 Å². The summed E-state index contributed by atoms with van der Waals surface area (Å²) in [5.41, 5.74) is 1.93. The van der Waals surface area contributed by atoms with E-state index in [0.29, 0.717) is 0 Å². The van der Waals surface area contributed by atoms with Gasteiger partial charge in [0.05, 0.1) is 18.5 Å². The van der Waals surface area contributed by atoms with Gasteiger partial charge in [-0.1, -0.05) is 23.0 Å². The zero-order valence-electron chi connectivity index (χ0n) is 11.8. The van der Waals surface area contributed by atoms with Gasteiger partial charge in [-0.25, -0.2) is 4.98 Å². The second kappa shape index (κ2) is 6.05. The molecule has 6 heteroatoms. The van der Waals surface area contributed by atoms with Crippen molar-refractivity contribution in [2.75, 3.05) is 7.11 Å². The first-order chi connectivity index (χ1) is 10.3. The van der Waals surface area contributed by atoms with Crippen LogP contribution >= 0.6 is 11.8 Å². The molecule has 0 fully saturated rings. The molecule has 0 saturated heterocycles. The predicted molar refractivity (Wildman–Crippen MR) is 80.9 cm³/mol. The third kappa shape index (κ3) is 3.11. The van der Waals surface area contributed by atoms with Crippen LogP contribution in [0.5, 0.6) is 5.75 Å². The molecule has 5 nitrogen and oxygen atoms in total. The second-order valence-corrected chi connectivity index (χ2v) is 5.44. The first-order valence-corrected chi connectivity index (χ1v) is 7.47. The van der Waals surface area contributed by atoms with Crippen LogP contribution < -0.4 is 4.74 Å². The number of imidazole rings is 1. The standard InChI is InChI=1S/C15H15N3O2S/c1-11-8-12(17-20-11)10-21-15-16-6-7-18(15)13-4-3-5-14(9-13)19-2/h3-9H,10H2,1-2H3. The molecule has 0 saturated carbocycles. The molecule has 0 aliphatic rings. The van der Waals surface area contributed by atoms with E-state index in [9.17, 15) is 0 Å². The lowest BCUT2D eigenvalue weighted by Gasteiger charge is -2.08. The summed E-state index contributed by atoms with van der Waals surface area (Å²) in [6.45, 7) is 1.89. The van der Waals surface area contributed by atoms with Crippen molar-refractivity contribution in [3.8, 4) is 11.4 Å². The quantitative estimate of drug-likeness (QED) is 0.675. The molecule has 0 spiro atoms. The van der Waals surface area contributed by atoms with Crippen LogP contribution in [0.2, 0.25) is 0 Å².